The molecule has 0 atom stereocenters. The van der Waals surface area contributed by atoms with Crippen molar-refractivity contribution in [1.29, 1.82) is 0 Å². The summed E-state index contributed by atoms with van der Waals surface area (Å²) < 4.78 is 48.9. The first-order chi connectivity index (χ1) is 16.2. The summed E-state index contributed by atoms with van der Waals surface area (Å²) >= 11 is 0. The molecule has 0 aliphatic heterocycles. The zero-order chi connectivity index (χ0) is 24.2. The van der Waals surface area contributed by atoms with Gasteiger partial charge >= 0.3 is 11.9 Å². The van der Waals surface area contributed by atoms with Crippen molar-refractivity contribution < 1.29 is 17.9 Å². The quantitative estimate of drug-likeness (QED) is 0.397. The van der Waals surface area contributed by atoms with Gasteiger partial charge in [-0.1, -0.05) is 6.07 Å². The van der Waals surface area contributed by atoms with Crippen LogP contribution in [0.4, 0.5) is 13.2 Å². The molecule has 174 valence electrons. The number of aromatic nitrogens is 6. The smallest absolute Gasteiger partial charge is 0.435 e. The summed E-state index contributed by atoms with van der Waals surface area (Å²) in [6.45, 7) is 2.37. The molecule has 0 radical (unpaired) electrons. The van der Waals surface area contributed by atoms with E-state index in [-0.39, 0.29) is 5.82 Å². The van der Waals surface area contributed by atoms with Crippen molar-refractivity contribution in [3.05, 3.63) is 65.0 Å². The third kappa shape index (κ3) is 3.40. The average Bonchev–Trinajstić information content (AvgIpc) is 3.31. The Morgan fingerprint density at radius 2 is 1.76 bits per heavy atom. The minimum absolute atomic E-state index is 0.00330. The molecule has 0 saturated carbocycles. The standard InChI is InChI=1S/C23H19F3N6O2/c1-4-34-19-8-6-14(11-28-19)13-5-7-16-15(9-13)21-17(12-27-16)30(2)22(33)32(21)20-10-18(23(24,25)26)29-31(20)3/h5-12H,4H2,1-3H3. The number of aryl methyl sites for hydroxylation is 2. The van der Waals surface area contributed by atoms with Gasteiger partial charge in [0.1, 0.15) is 5.82 Å². The topological polar surface area (TPSA) is 79.8 Å². The van der Waals surface area contributed by atoms with Gasteiger partial charge in [0.2, 0.25) is 5.88 Å². The lowest BCUT2D eigenvalue weighted by atomic mass is 10.0. The van der Waals surface area contributed by atoms with Crippen LogP contribution in [-0.4, -0.2) is 35.5 Å². The molecule has 34 heavy (non-hydrogen) atoms. The van der Waals surface area contributed by atoms with Crippen LogP contribution in [0.5, 0.6) is 5.88 Å². The fourth-order valence-corrected chi connectivity index (χ4v) is 3.98. The lowest BCUT2D eigenvalue weighted by molar-refractivity contribution is -0.141. The van der Waals surface area contributed by atoms with Gasteiger partial charge in [-0.05, 0) is 30.7 Å². The number of ether oxygens (including phenoxy) is 1. The number of pyridine rings is 2. The molecule has 4 aromatic heterocycles. The number of nitrogens with zero attached hydrogens (tertiary/aromatic N) is 6. The molecule has 0 amide bonds. The normalized spacial score (nSPS) is 12.1. The van der Waals surface area contributed by atoms with E-state index in [0.29, 0.717) is 34.4 Å². The minimum Gasteiger partial charge on any atom is -0.478 e. The van der Waals surface area contributed by atoms with Crippen LogP contribution < -0.4 is 10.4 Å². The van der Waals surface area contributed by atoms with Crippen LogP contribution in [0.25, 0.3) is 38.9 Å². The highest BCUT2D eigenvalue weighted by atomic mass is 19.4. The van der Waals surface area contributed by atoms with Crippen LogP contribution in [0, 0.1) is 0 Å². The van der Waals surface area contributed by atoms with Crippen LogP contribution in [-0.2, 0) is 20.3 Å². The Kier molecular flexibility index (Phi) is 4.92. The second-order valence-corrected chi connectivity index (χ2v) is 7.73. The zero-order valence-corrected chi connectivity index (χ0v) is 18.5. The molecule has 4 heterocycles. The molecule has 0 fully saturated rings. The Bertz CT molecular complexity index is 1600. The molecule has 0 aliphatic carbocycles. The Labute approximate surface area is 190 Å². The number of benzene rings is 1. The molecule has 0 spiro atoms. The monoisotopic (exact) mass is 468 g/mol. The zero-order valence-electron chi connectivity index (χ0n) is 18.5. The predicted molar refractivity (Wildman–Crippen MR) is 120 cm³/mol. The molecule has 11 heteroatoms. The Morgan fingerprint density at radius 1 is 1.00 bits per heavy atom. The average molecular weight is 468 g/mol. The minimum atomic E-state index is -4.64. The highest BCUT2D eigenvalue weighted by Gasteiger charge is 2.35. The Balaban J connectivity index is 1.77. The van der Waals surface area contributed by atoms with Crippen molar-refractivity contribution in [3.8, 4) is 22.8 Å². The fourth-order valence-electron chi connectivity index (χ4n) is 3.98. The summed E-state index contributed by atoms with van der Waals surface area (Å²) in [5.41, 5.74) is 1.55. The van der Waals surface area contributed by atoms with E-state index in [1.807, 2.05) is 25.1 Å². The lowest BCUT2D eigenvalue weighted by Gasteiger charge is -2.08. The Hall–Kier alpha value is -4.15. The van der Waals surface area contributed by atoms with E-state index in [4.69, 9.17) is 4.74 Å². The second kappa shape index (κ2) is 7.72. The van der Waals surface area contributed by atoms with Gasteiger partial charge in [0, 0.05) is 43.4 Å². The van der Waals surface area contributed by atoms with Gasteiger partial charge in [0.25, 0.3) is 0 Å². The fraction of sp³-hybridized carbons (Fsp3) is 0.217. The van der Waals surface area contributed by atoms with E-state index in [1.54, 1.807) is 25.4 Å². The molecule has 5 rings (SSSR count). The molecule has 8 nitrogen and oxygen atoms in total. The molecule has 0 N–H and O–H groups in total. The van der Waals surface area contributed by atoms with Crippen molar-refractivity contribution in [1.82, 2.24) is 28.9 Å². The summed E-state index contributed by atoms with van der Waals surface area (Å²) in [5.74, 6) is 0.508. The van der Waals surface area contributed by atoms with Gasteiger partial charge in [-0.2, -0.15) is 18.3 Å². The summed E-state index contributed by atoms with van der Waals surface area (Å²) in [5, 5.41) is 4.18. The first-order valence-electron chi connectivity index (χ1n) is 10.4. The van der Waals surface area contributed by atoms with Crippen molar-refractivity contribution >= 4 is 21.9 Å². The SMILES string of the molecule is CCOc1ccc(-c2ccc3ncc4c(c3c2)n(-c2cc(C(F)(F)F)nn2C)c(=O)n4C)cn1. The van der Waals surface area contributed by atoms with Gasteiger partial charge in [-0.15, -0.1) is 0 Å². The second-order valence-electron chi connectivity index (χ2n) is 7.73. The summed E-state index contributed by atoms with van der Waals surface area (Å²) in [4.78, 5) is 21.9. The van der Waals surface area contributed by atoms with Gasteiger partial charge in [0.15, 0.2) is 5.69 Å². The molecule has 0 saturated heterocycles. The maximum absolute atomic E-state index is 13.3. The van der Waals surface area contributed by atoms with Crippen LogP contribution in [0.15, 0.2) is 53.6 Å². The number of fused-ring (bicyclic) bond motifs is 3. The van der Waals surface area contributed by atoms with E-state index < -0.39 is 17.6 Å². The first kappa shape index (κ1) is 21.7. The number of hydrogen-bond acceptors (Lipinski definition) is 5. The number of halogens is 3. The third-order valence-corrected chi connectivity index (χ3v) is 5.62. The van der Waals surface area contributed by atoms with Crippen molar-refractivity contribution in [2.75, 3.05) is 6.61 Å². The molecule has 0 bridgehead atoms. The van der Waals surface area contributed by atoms with Crippen LogP contribution in [0.1, 0.15) is 12.6 Å². The molecule has 5 aromatic rings. The number of alkyl halides is 3. The third-order valence-electron chi connectivity index (χ3n) is 5.62. The van der Waals surface area contributed by atoms with E-state index in [2.05, 4.69) is 15.1 Å². The molecular formula is C23H19F3N6O2. The maximum atomic E-state index is 13.3. The predicted octanol–water partition coefficient (Wildman–Crippen LogP) is 4.09. The van der Waals surface area contributed by atoms with Crippen molar-refractivity contribution in [2.24, 2.45) is 14.1 Å². The van der Waals surface area contributed by atoms with E-state index in [9.17, 15) is 18.0 Å². The van der Waals surface area contributed by atoms with Crippen LogP contribution >= 0.6 is 0 Å². The highest BCUT2D eigenvalue weighted by molar-refractivity contribution is 6.04. The summed E-state index contributed by atoms with van der Waals surface area (Å²) in [7, 11) is 2.92. The molecule has 0 aliphatic rings. The number of hydrogen-bond donors (Lipinski definition) is 0. The van der Waals surface area contributed by atoms with Crippen molar-refractivity contribution in [2.45, 2.75) is 13.1 Å². The Morgan fingerprint density at radius 3 is 2.41 bits per heavy atom. The number of imidazole rings is 1. The van der Waals surface area contributed by atoms with Gasteiger partial charge in [-0.25, -0.2) is 14.3 Å². The van der Waals surface area contributed by atoms with Gasteiger partial charge < -0.3 is 4.74 Å². The molecule has 0 unspecified atom stereocenters. The highest BCUT2D eigenvalue weighted by Crippen LogP contribution is 2.32. The van der Waals surface area contributed by atoms with Crippen LogP contribution in [0.2, 0.25) is 0 Å². The number of rotatable bonds is 4. The van der Waals surface area contributed by atoms with Crippen LogP contribution in [0.3, 0.4) is 0 Å². The van der Waals surface area contributed by atoms with Gasteiger partial charge in [-0.3, -0.25) is 14.2 Å². The van der Waals surface area contributed by atoms with Crippen molar-refractivity contribution in [3.63, 3.8) is 0 Å². The van der Waals surface area contributed by atoms with E-state index in [1.165, 1.54) is 22.4 Å². The summed E-state index contributed by atoms with van der Waals surface area (Å²) in [6.07, 6.45) is -1.43. The van der Waals surface area contributed by atoms with E-state index >= 15 is 0 Å². The molecular weight excluding hydrogens is 449 g/mol. The van der Waals surface area contributed by atoms with E-state index in [0.717, 1.165) is 21.9 Å². The summed E-state index contributed by atoms with van der Waals surface area (Å²) in [6, 6.07) is 10.0. The lowest BCUT2D eigenvalue weighted by Crippen LogP contribution is -2.22. The first-order valence-corrected chi connectivity index (χ1v) is 10.4. The largest absolute Gasteiger partial charge is 0.478 e. The maximum Gasteiger partial charge on any atom is 0.435 e. The molecule has 1 aromatic carbocycles. The van der Waals surface area contributed by atoms with Gasteiger partial charge in [0.05, 0.1) is 29.4 Å².